The third-order valence-electron chi connectivity index (χ3n) is 1.47. The van der Waals surface area contributed by atoms with Gasteiger partial charge >= 0.3 is 0 Å². The smallest absolute Gasteiger partial charge is 0.127 e. The normalized spacial score (nSPS) is 9.15. The minimum atomic E-state index is -0.583. The Morgan fingerprint density at radius 1 is 1.15 bits per heavy atom. The van der Waals surface area contributed by atoms with Crippen molar-refractivity contribution in [2.45, 2.75) is 19.8 Å². The van der Waals surface area contributed by atoms with Gasteiger partial charge in [0.15, 0.2) is 0 Å². The van der Waals surface area contributed by atoms with Gasteiger partial charge in [0, 0.05) is 18.1 Å². The van der Waals surface area contributed by atoms with Gasteiger partial charge in [0.2, 0.25) is 0 Å². The van der Waals surface area contributed by atoms with Gasteiger partial charge in [-0.05, 0) is 18.6 Å². The zero-order valence-corrected chi connectivity index (χ0v) is 7.40. The maximum atomic E-state index is 12.6. The summed E-state index contributed by atoms with van der Waals surface area (Å²) in [6.07, 6.45) is 1.70. The van der Waals surface area contributed by atoms with Crippen molar-refractivity contribution in [2.24, 2.45) is 0 Å². The molecule has 0 N–H and O–H groups in total. The van der Waals surface area contributed by atoms with E-state index in [-0.39, 0.29) is 0 Å². The number of rotatable bonds is 1. The highest BCUT2D eigenvalue weighted by atomic mass is 19.1. The summed E-state index contributed by atoms with van der Waals surface area (Å²) in [7, 11) is 0. The largest absolute Gasteiger partial charge is 0.207 e. The molecule has 1 aromatic carbocycles. The molecular weight excluding hydrogens is 170 g/mol. The Morgan fingerprint density at radius 3 is 2.31 bits per heavy atom. The van der Waals surface area contributed by atoms with Crippen molar-refractivity contribution in [2.75, 3.05) is 0 Å². The predicted octanol–water partition coefficient (Wildman–Crippen LogP) is 3.12. The van der Waals surface area contributed by atoms with Gasteiger partial charge in [-0.15, -0.1) is 0 Å². The highest BCUT2D eigenvalue weighted by Crippen LogP contribution is 2.06. The highest BCUT2D eigenvalue weighted by Gasteiger charge is 1.96. The Labute approximate surface area is 76.6 Å². The second-order valence-electron chi connectivity index (χ2n) is 2.71. The van der Waals surface area contributed by atoms with Crippen LogP contribution in [-0.4, -0.2) is 0 Å². The monoisotopic (exact) mass is 180 g/mol. The molecule has 0 aliphatic rings. The van der Waals surface area contributed by atoms with Crippen LogP contribution in [0.5, 0.6) is 0 Å². The maximum absolute atomic E-state index is 12.6. The lowest BCUT2D eigenvalue weighted by molar-refractivity contribution is 0.582. The van der Waals surface area contributed by atoms with Crippen LogP contribution < -0.4 is 0 Å². The standard InChI is InChI=1S/C11H10F2/c1-2-3-4-5-9-6-10(12)8-11(13)7-9/h6-8H,2-3H2,1H3. The van der Waals surface area contributed by atoms with Crippen LogP contribution in [0.1, 0.15) is 25.3 Å². The van der Waals surface area contributed by atoms with Crippen molar-refractivity contribution in [3.05, 3.63) is 35.4 Å². The fourth-order valence-corrected chi connectivity index (χ4v) is 0.916. The molecule has 0 unspecified atom stereocenters. The van der Waals surface area contributed by atoms with Crippen LogP contribution in [0.2, 0.25) is 0 Å². The molecular formula is C11H10F2. The summed E-state index contributed by atoms with van der Waals surface area (Å²) in [6, 6.07) is 3.29. The summed E-state index contributed by atoms with van der Waals surface area (Å²) in [5, 5.41) is 0. The quantitative estimate of drug-likeness (QED) is 0.582. The molecule has 0 spiro atoms. The van der Waals surface area contributed by atoms with E-state index in [1.807, 2.05) is 6.92 Å². The molecule has 0 saturated carbocycles. The minimum absolute atomic E-state index is 0.394. The molecule has 0 atom stereocenters. The van der Waals surface area contributed by atoms with E-state index in [0.717, 1.165) is 18.9 Å². The lowest BCUT2D eigenvalue weighted by Crippen LogP contribution is -1.82. The third kappa shape index (κ3) is 3.25. The lowest BCUT2D eigenvalue weighted by Gasteiger charge is -1.92. The van der Waals surface area contributed by atoms with Gasteiger partial charge in [-0.1, -0.05) is 18.8 Å². The van der Waals surface area contributed by atoms with Gasteiger partial charge in [0.05, 0.1) is 0 Å². The molecule has 0 fully saturated rings. The molecule has 0 amide bonds. The van der Waals surface area contributed by atoms with E-state index in [1.54, 1.807) is 0 Å². The van der Waals surface area contributed by atoms with Gasteiger partial charge in [-0.25, -0.2) is 8.78 Å². The summed E-state index contributed by atoms with van der Waals surface area (Å²) in [4.78, 5) is 0. The van der Waals surface area contributed by atoms with Crippen LogP contribution in [-0.2, 0) is 0 Å². The molecule has 2 heteroatoms. The van der Waals surface area contributed by atoms with Crippen molar-refractivity contribution in [1.29, 1.82) is 0 Å². The maximum Gasteiger partial charge on any atom is 0.127 e. The Hall–Kier alpha value is -1.36. The first-order valence-corrected chi connectivity index (χ1v) is 4.17. The fraction of sp³-hybridized carbons (Fsp3) is 0.273. The number of unbranched alkanes of at least 4 members (excludes halogenated alkanes) is 1. The molecule has 0 radical (unpaired) electrons. The van der Waals surface area contributed by atoms with Crippen molar-refractivity contribution in [3.63, 3.8) is 0 Å². The van der Waals surface area contributed by atoms with Crippen LogP contribution in [0.3, 0.4) is 0 Å². The van der Waals surface area contributed by atoms with Crippen molar-refractivity contribution in [1.82, 2.24) is 0 Å². The van der Waals surface area contributed by atoms with Gasteiger partial charge in [-0.2, -0.15) is 0 Å². The SMILES string of the molecule is CCCC#Cc1cc(F)cc(F)c1. The van der Waals surface area contributed by atoms with E-state index < -0.39 is 11.6 Å². The molecule has 0 aliphatic heterocycles. The Morgan fingerprint density at radius 2 is 1.77 bits per heavy atom. The molecule has 0 nitrogen and oxygen atoms in total. The number of hydrogen-bond acceptors (Lipinski definition) is 0. The topological polar surface area (TPSA) is 0 Å². The first kappa shape index (κ1) is 9.73. The molecule has 13 heavy (non-hydrogen) atoms. The van der Waals surface area contributed by atoms with Crippen LogP contribution in [0, 0.1) is 23.5 Å². The summed E-state index contributed by atoms with van der Waals surface area (Å²) >= 11 is 0. The molecule has 1 aromatic rings. The molecule has 0 heterocycles. The third-order valence-corrected chi connectivity index (χ3v) is 1.47. The Balaban J connectivity index is 2.85. The summed E-state index contributed by atoms with van der Waals surface area (Å²) in [5.74, 6) is 4.35. The van der Waals surface area contributed by atoms with E-state index in [1.165, 1.54) is 12.1 Å². The van der Waals surface area contributed by atoms with Crippen molar-refractivity contribution in [3.8, 4) is 11.8 Å². The molecule has 1 rings (SSSR count). The highest BCUT2D eigenvalue weighted by molar-refractivity contribution is 5.34. The molecule has 0 bridgehead atoms. The number of halogens is 2. The van der Waals surface area contributed by atoms with Crippen LogP contribution >= 0.6 is 0 Å². The second-order valence-corrected chi connectivity index (χ2v) is 2.71. The zero-order valence-electron chi connectivity index (χ0n) is 7.40. The van der Waals surface area contributed by atoms with E-state index in [0.29, 0.717) is 5.56 Å². The number of benzene rings is 1. The van der Waals surface area contributed by atoms with Crippen LogP contribution in [0.4, 0.5) is 8.78 Å². The van der Waals surface area contributed by atoms with Gasteiger partial charge in [0.1, 0.15) is 11.6 Å². The molecule has 0 aliphatic carbocycles. The Kier molecular flexibility index (Phi) is 3.45. The lowest BCUT2D eigenvalue weighted by atomic mass is 10.2. The van der Waals surface area contributed by atoms with E-state index in [2.05, 4.69) is 11.8 Å². The average molecular weight is 180 g/mol. The van der Waals surface area contributed by atoms with Gasteiger partial charge in [-0.3, -0.25) is 0 Å². The van der Waals surface area contributed by atoms with Crippen LogP contribution in [0.25, 0.3) is 0 Å². The summed E-state index contributed by atoms with van der Waals surface area (Å²) in [5.41, 5.74) is 0.394. The Bertz CT molecular complexity index is 325. The molecule has 68 valence electrons. The second kappa shape index (κ2) is 4.61. The van der Waals surface area contributed by atoms with Gasteiger partial charge < -0.3 is 0 Å². The minimum Gasteiger partial charge on any atom is -0.207 e. The van der Waals surface area contributed by atoms with E-state index in [4.69, 9.17) is 0 Å². The predicted molar refractivity (Wildman–Crippen MR) is 48.1 cm³/mol. The van der Waals surface area contributed by atoms with Crippen molar-refractivity contribution >= 4 is 0 Å². The molecule has 0 aromatic heterocycles. The summed E-state index contributed by atoms with van der Waals surface area (Å²) < 4.78 is 25.3. The molecule has 0 saturated heterocycles. The van der Waals surface area contributed by atoms with Crippen LogP contribution in [0.15, 0.2) is 18.2 Å². The number of hydrogen-bond donors (Lipinski definition) is 0. The fourth-order valence-electron chi connectivity index (χ4n) is 0.916. The average Bonchev–Trinajstić information content (AvgIpc) is 2.03. The van der Waals surface area contributed by atoms with Gasteiger partial charge in [0.25, 0.3) is 0 Å². The first-order valence-electron chi connectivity index (χ1n) is 4.17. The zero-order chi connectivity index (χ0) is 9.68. The van der Waals surface area contributed by atoms with E-state index in [9.17, 15) is 8.78 Å². The van der Waals surface area contributed by atoms with E-state index >= 15 is 0 Å². The first-order chi connectivity index (χ1) is 6.22. The summed E-state index contributed by atoms with van der Waals surface area (Å²) in [6.45, 7) is 2.00. The van der Waals surface area contributed by atoms with Crippen molar-refractivity contribution < 1.29 is 8.78 Å².